The van der Waals surface area contributed by atoms with Crippen molar-refractivity contribution in [1.29, 1.82) is 0 Å². The van der Waals surface area contributed by atoms with Crippen LogP contribution in [-0.4, -0.2) is 32.3 Å². The maximum atomic E-state index is 12.3. The Morgan fingerprint density at radius 2 is 2.00 bits per heavy atom. The molecular weight excluding hydrogens is 322 g/mol. The predicted molar refractivity (Wildman–Crippen MR) is 89.3 cm³/mol. The number of benzene rings is 2. The average molecular weight is 335 g/mol. The van der Waals surface area contributed by atoms with E-state index < -0.39 is 12.0 Å². The van der Waals surface area contributed by atoms with Crippen LogP contribution in [0, 0.1) is 0 Å². The van der Waals surface area contributed by atoms with Gasteiger partial charge in [-0.25, -0.2) is 9.78 Å². The Labute approximate surface area is 141 Å². The minimum Gasteiger partial charge on any atom is -0.504 e. The number of ether oxygens (including phenoxy) is 1. The third-order valence-corrected chi connectivity index (χ3v) is 4.60. The van der Waals surface area contributed by atoms with Crippen LogP contribution in [0.5, 0.6) is 11.5 Å². The summed E-state index contributed by atoms with van der Waals surface area (Å²) in [5.74, 6) is -0.244. The molecule has 7 nitrogen and oxygen atoms in total. The largest absolute Gasteiger partial charge is 0.504 e. The predicted octanol–water partition coefficient (Wildman–Crippen LogP) is 2.27. The fourth-order valence-corrected chi connectivity index (χ4v) is 3.48. The molecule has 1 atom stereocenters. The number of para-hydroxylation sites is 2. The number of hydrogen-bond acceptors (Lipinski definition) is 6. The summed E-state index contributed by atoms with van der Waals surface area (Å²) < 4.78 is 7.10. The van der Waals surface area contributed by atoms with Crippen molar-refractivity contribution in [3.63, 3.8) is 0 Å². The Kier molecular flexibility index (Phi) is 2.65. The lowest BCUT2D eigenvalue weighted by molar-refractivity contribution is -0.136. The molecule has 2 aromatic carbocycles. The molecule has 0 aliphatic carbocycles. The van der Waals surface area contributed by atoms with E-state index in [1.807, 2.05) is 28.8 Å². The maximum Gasteiger partial charge on any atom is 0.338 e. The zero-order chi connectivity index (χ0) is 17.1. The van der Waals surface area contributed by atoms with Crippen molar-refractivity contribution < 1.29 is 19.7 Å². The fourth-order valence-electron chi connectivity index (χ4n) is 3.48. The third kappa shape index (κ3) is 1.86. The Bertz CT molecular complexity index is 1080. The number of phenolic OH excluding ortho intramolecular Hbond substituents is 2. The number of imidazole rings is 1. The number of aromatic hydroxyl groups is 2. The highest BCUT2D eigenvalue weighted by Crippen LogP contribution is 2.43. The van der Waals surface area contributed by atoms with Crippen LogP contribution in [0.25, 0.3) is 11.0 Å². The van der Waals surface area contributed by atoms with E-state index in [1.54, 1.807) is 6.07 Å². The van der Waals surface area contributed by atoms with Gasteiger partial charge in [0.1, 0.15) is 6.61 Å². The number of cyclic esters (lactones) is 1. The number of nitrogens with one attached hydrogen (secondary N) is 1. The van der Waals surface area contributed by atoms with Crippen LogP contribution in [0.4, 0.5) is 5.95 Å². The molecule has 5 rings (SSSR count). The summed E-state index contributed by atoms with van der Waals surface area (Å²) in [5, 5.41) is 22.7. The molecule has 2 aliphatic heterocycles. The SMILES string of the molecule is O=C1OCC2=C1C(c1ccc(O)c(O)c1)n1c(nc3ccccc31)N2. The molecule has 3 heterocycles. The molecule has 3 N–H and O–H groups in total. The summed E-state index contributed by atoms with van der Waals surface area (Å²) >= 11 is 0. The van der Waals surface area contributed by atoms with Gasteiger partial charge in [0, 0.05) is 0 Å². The smallest absolute Gasteiger partial charge is 0.338 e. The molecule has 3 aromatic rings. The van der Waals surface area contributed by atoms with Gasteiger partial charge in [-0.1, -0.05) is 18.2 Å². The number of anilines is 1. The second-order valence-corrected chi connectivity index (χ2v) is 6.04. The highest BCUT2D eigenvalue weighted by Gasteiger charge is 2.39. The standard InChI is InChI=1S/C18H13N3O4/c22-13-6-5-9(7-14(13)23)16-15-11(8-25-17(15)24)20-18-19-10-3-1-2-4-12(10)21(16)18/h1-7,16,22-23H,8H2,(H,19,20). The van der Waals surface area contributed by atoms with Crippen molar-refractivity contribution in [2.75, 3.05) is 11.9 Å². The summed E-state index contributed by atoms with van der Waals surface area (Å²) in [6, 6.07) is 11.7. The Morgan fingerprint density at radius 3 is 2.84 bits per heavy atom. The van der Waals surface area contributed by atoms with Gasteiger partial charge in [0.25, 0.3) is 0 Å². The van der Waals surface area contributed by atoms with Crippen LogP contribution in [0.15, 0.2) is 53.7 Å². The van der Waals surface area contributed by atoms with E-state index in [2.05, 4.69) is 10.3 Å². The van der Waals surface area contributed by atoms with Crippen molar-refractivity contribution >= 4 is 23.0 Å². The second-order valence-electron chi connectivity index (χ2n) is 6.04. The van der Waals surface area contributed by atoms with Crippen molar-refractivity contribution in [2.45, 2.75) is 6.04 Å². The number of fused-ring (bicyclic) bond motifs is 3. The monoisotopic (exact) mass is 335 g/mol. The topological polar surface area (TPSA) is 96.6 Å². The second kappa shape index (κ2) is 4.76. The van der Waals surface area contributed by atoms with Gasteiger partial charge in [-0.05, 0) is 29.8 Å². The number of rotatable bonds is 1. The Balaban J connectivity index is 1.81. The normalized spacial score (nSPS) is 18.7. The minimum absolute atomic E-state index is 0.165. The van der Waals surface area contributed by atoms with Crippen LogP contribution in [0.2, 0.25) is 0 Å². The summed E-state index contributed by atoms with van der Waals surface area (Å²) in [6.45, 7) is 0.165. The van der Waals surface area contributed by atoms with Crippen LogP contribution in [0.1, 0.15) is 11.6 Å². The molecule has 25 heavy (non-hydrogen) atoms. The molecule has 0 bridgehead atoms. The summed E-state index contributed by atoms with van der Waals surface area (Å²) in [5.41, 5.74) is 3.47. The molecule has 2 aliphatic rings. The molecule has 1 unspecified atom stereocenters. The van der Waals surface area contributed by atoms with Crippen LogP contribution in [-0.2, 0) is 9.53 Å². The third-order valence-electron chi connectivity index (χ3n) is 4.60. The van der Waals surface area contributed by atoms with E-state index >= 15 is 0 Å². The van der Waals surface area contributed by atoms with Crippen molar-refractivity contribution in [1.82, 2.24) is 9.55 Å². The van der Waals surface area contributed by atoms with Gasteiger partial charge in [0.15, 0.2) is 11.5 Å². The quantitative estimate of drug-likeness (QED) is 0.466. The summed E-state index contributed by atoms with van der Waals surface area (Å²) in [4.78, 5) is 16.9. The van der Waals surface area contributed by atoms with E-state index in [4.69, 9.17) is 4.74 Å². The van der Waals surface area contributed by atoms with Crippen molar-refractivity contribution in [2.24, 2.45) is 0 Å². The zero-order valence-electron chi connectivity index (χ0n) is 12.9. The van der Waals surface area contributed by atoms with E-state index in [1.165, 1.54) is 12.1 Å². The van der Waals surface area contributed by atoms with Gasteiger partial charge in [0.05, 0.1) is 28.3 Å². The highest BCUT2D eigenvalue weighted by molar-refractivity contribution is 5.96. The van der Waals surface area contributed by atoms with Crippen molar-refractivity contribution in [3.05, 3.63) is 59.3 Å². The first-order chi connectivity index (χ1) is 12.1. The maximum absolute atomic E-state index is 12.3. The Morgan fingerprint density at radius 1 is 1.16 bits per heavy atom. The summed E-state index contributed by atoms with van der Waals surface area (Å²) in [7, 11) is 0. The van der Waals surface area contributed by atoms with Gasteiger partial charge < -0.3 is 20.3 Å². The van der Waals surface area contributed by atoms with Crippen molar-refractivity contribution in [3.8, 4) is 11.5 Å². The van der Waals surface area contributed by atoms with Gasteiger partial charge in [0.2, 0.25) is 5.95 Å². The lowest BCUT2D eigenvalue weighted by Crippen LogP contribution is -2.25. The molecule has 0 saturated heterocycles. The number of carbonyl (C=O) groups excluding carboxylic acids is 1. The van der Waals surface area contributed by atoms with E-state index in [-0.39, 0.29) is 18.1 Å². The summed E-state index contributed by atoms with van der Waals surface area (Å²) in [6.07, 6.45) is 0. The fraction of sp³-hybridized carbons (Fsp3) is 0.111. The first-order valence-corrected chi connectivity index (χ1v) is 7.79. The number of nitrogens with zero attached hydrogens (tertiary/aromatic N) is 2. The van der Waals surface area contributed by atoms with Gasteiger partial charge in [-0.15, -0.1) is 0 Å². The van der Waals surface area contributed by atoms with Gasteiger partial charge in [-0.3, -0.25) is 4.57 Å². The molecule has 7 heteroatoms. The molecule has 0 saturated carbocycles. The number of esters is 1. The lowest BCUT2D eigenvalue weighted by atomic mass is 9.95. The molecule has 0 fully saturated rings. The van der Waals surface area contributed by atoms with E-state index in [9.17, 15) is 15.0 Å². The van der Waals surface area contributed by atoms with E-state index in [0.29, 0.717) is 22.8 Å². The first-order valence-electron chi connectivity index (χ1n) is 7.79. The van der Waals surface area contributed by atoms with Gasteiger partial charge in [-0.2, -0.15) is 0 Å². The molecule has 0 spiro atoms. The van der Waals surface area contributed by atoms with Gasteiger partial charge >= 0.3 is 5.97 Å². The number of hydrogen-bond donors (Lipinski definition) is 3. The molecular formula is C18H13N3O4. The minimum atomic E-state index is -0.500. The molecule has 124 valence electrons. The number of carbonyl (C=O) groups is 1. The number of aromatic nitrogens is 2. The van der Waals surface area contributed by atoms with E-state index in [0.717, 1.165) is 11.0 Å². The average Bonchev–Trinajstić information content (AvgIpc) is 3.16. The first kappa shape index (κ1) is 13.9. The highest BCUT2D eigenvalue weighted by atomic mass is 16.5. The number of phenols is 2. The van der Waals surface area contributed by atoms with Crippen LogP contribution >= 0.6 is 0 Å². The zero-order valence-corrected chi connectivity index (χ0v) is 12.9. The lowest BCUT2D eigenvalue weighted by Gasteiger charge is -2.27. The van der Waals surface area contributed by atoms with Crippen LogP contribution in [0.3, 0.4) is 0 Å². The molecule has 0 radical (unpaired) electrons. The van der Waals surface area contributed by atoms with Crippen LogP contribution < -0.4 is 5.32 Å². The molecule has 1 aromatic heterocycles. The Hall–Kier alpha value is -3.48. The molecule has 0 amide bonds.